The lowest BCUT2D eigenvalue weighted by Gasteiger charge is -2.24. The maximum atomic E-state index is 13.5. The molecule has 9 nitrogen and oxygen atoms in total. The molecule has 0 radical (unpaired) electrons. The fraction of sp³-hybridized carbons (Fsp3) is 0.300. The van der Waals surface area contributed by atoms with E-state index in [1.54, 1.807) is 0 Å². The molecule has 4 aromatic rings. The molecule has 0 aliphatic rings. The van der Waals surface area contributed by atoms with Crippen molar-refractivity contribution < 1.29 is 19.1 Å². The van der Waals surface area contributed by atoms with Crippen LogP contribution in [0.1, 0.15) is 31.4 Å². The number of alkyl carbamates (subject to hydrolysis) is 1. The molecule has 0 aliphatic carbocycles. The van der Waals surface area contributed by atoms with Gasteiger partial charge in [0, 0.05) is 0 Å². The Morgan fingerprint density at radius 2 is 1.46 bits per heavy atom. The molecule has 39 heavy (non-hydrogen) atoms. The van der Waals surface area contributed by atoms with Gasteiger partial charge in [0.25, 0.3) is 0 Å². The third-order valence-corrected chi connectivity index (χ3v) is 6.24. The van der Waals surface area contributed by atoms with Gasteiger partial charge in [-0.25, -0.2) is 9.48 Å². The highest BCUT2D eigenvalue weighted by Crippen LogP contribution is 2.13. The molecule has 202 valence electrons. The van der Waals surface area contributed by atoms with Crippen LogP contribution in [0.2, 0.25) is 0 Å². The van der Waals surface area contributed by atoms with Crippen LogP contribution in [0, 0.1) is 5.92 Å². The van der Waals surface area contributed by atoms with Crippen LogP contribution in [0.3, 0.4) is 0 Å². The Morgan fingerprint density at radius 3 is 2.15 bits per heavy atom. The van der Waals surface area contributed by atoms with E-state index in [4.69, 9.17) is 4.74 Å². The number of fused-ring (bicyclic) bond motifs is 1. The van der Waals surface area contributed by atoms with Gasteiger partial charge in [0.1, 0.15) is 24.7 Å². The third kappa shape index (κ3) is 7.98. The number of para-hydroxylation sites is 1. The lowest BCUT2D eigenvalue weighted by Crippen LogP contribution is -2.53. The van der Waals surface area contributed by atoms with E-state index < -0.39 is 24.1 Å². The molecule has 1 heterocycles. The highest BCUT2D eigenvalue weighted by Gasteiger charge is 2.28. The number of aromatic nitrogens is 3. The average Bonchev–Trinajstić information content (AvgIpc) is 3.34. The fourth-order valence-electron chi connectivity index (χ4n) is 4.27. The summed E-state index contributed by atoms with van der Waals surface area (Å²) in [5.74, 6) is -0.559. The van der Waals surface area contributed by atoms with Gasteiger partial charge in [0.15, 0.2) is 5.78 Å². The molecule has 0 saturated heterocycles. The summed E-state index contributed by atoms with van der Waals surface area (Å²) in [5.41, 5.74) is 3.15. The zero-order chi connectivity index (χ0) is 27.6. The first-order valence-corrected chi connectivity index (χ1v) is 13.0. The normalized spacial score (nSPS) is 12.6. The number of amides is 2. The van der Waals surface area contributed by atoms with E-state index in [2.05, 4.69) is 20.9 Å². The number of hydrogen-bond acceptors (Lipinski definition) is 6. The molecule has 0 unspecified atom stereocenters. The molecule has 0 bridgehead atoms. The molecule has 9 heteroatoms. The second-order valence-electron chi connectivity index (χ2n) is 9.84. The number of hydrogen-bond donors (Lipinski definition) is 2. The average molecular weight is 528 g/mol. The summed E-state index contributed by atoms with van der Waals surface area (Å²) in [6.07, 6.45) is -0.0170. The van der Waals surface area contributed by atoms with Gasteiger partial charge < -0.3 is 15.4 Å². The third-order valence-electron chi connectivity index (χ3n) is 6.24. The molecule has 4 rings (SSSR count). The number of ketones is 1. The Labute approximate surface area is 227 Å². The number of rotatable bonds is 12. The SMILES string of the molecule is CC(C)C[C@H](NC(=O)OCc1ccccc1)C(=O)N[C@@H](Cc1ccccc1)C(=O)Cn1nnc2ccccc21. The molecule has 1 aromatic heterocycles. The van der Waals surface area contributed by atoms with Crippen molar-refractivity contribution in [2.24, 2.45) is 5.92 Å². The molecule has 2 amide bonds. The van der Waals surface area contributed by atoms with Gasteiger partial charge in [0.2, 0.25) is 5.91 Å². The summed E-state index contributed by atoms with van der Waals surface area (Å²) in [4.78, 5) is 39.5. The number of carbonyl (C=O) groups is 3. The van der Waals surface area contributed by atoms with Gasteiger partial charge in [-0.05, 0) is 42.0 Å². The molecule has 0 fully saturated rings. The summed E-state index contributed by atoms with van der Waals surface area (Å²) in [6, 6.07) is 24.4. The summed E-state index contributed by atoms with van der Waals surface area (Å²) < 4.78 is 6.87. The molecule has 2 atom stereocenters. The van der Waals surface area contributed by atoms with Crippen LogP contribution in [0.25, 0.3) is 11.0 Å². The minimum atomic E-state index is -0.869. The first kappa shape index (κ1) is 27.5. The highest BCUT2D eigenvalue weighted by molar-refractivity contribution is 5.92. The van der Waals surface area contributed by atoms with Crippen LogP contribution in [0.5, 0.6) is 0 Å². The van der Waals surface area contributed by atoms with E-state index >= 15 is 0 Å². The second-order valence-corrected chi connectivity index (χ2v) is 9.84. The van der Waals surface area contributed by atoms with E-state index in [0.29, 0.717) is 18.4 Å². The summed E-state index contributed by atoms with van der Waals surface area (Å²) in [7, 11) is 0. The first-order chi connectivity index (χ1) is 18.9. The van der Waals surface area contributed by atoms with Crippen molar-refractivity contribution in [1.29, 1.82) is 0 Å². The Kier molecular flexibility index (Phi) is 9.39. The zero-order valence-electron chi connectivity index (χ0n) is 22.1. The molecule has 0 aliphatic heterocycles. The van der Waals surface area contributed by atoms with Crippen LogP contribution >= 0.6 is 0 Å². The molecule has 3 aromatic carbocycles. The van der Waals surface area contributed by atoms with Gasteiger partial charge >= 0.3 is 6.09 Å². The van der Waals surface area contributed by atoms with E-state index in [1.807, 2.05) is 98.8 Å². The maximum Gasteiger partial charge on any atom is 0.408 e. The largest absolute Gasteiger partial charge is 0.445 e. The van der Waals surface area contributed by atoms with Crippen molar-refractivity contribution in [1.82, 2.24) is 25.6 Å². The number of nitrogens with zero attached hydrogens (tertiary/aromatic N) is 3. The van der Waals surface area contributed by atoms with E-state index in [-0.39, 0.29) is 24.9 Å². The number of Topliss-reactive ketones (excluding diaryl/α,β-unsaturated/α-hetero) is 1. The molecule has 2 N–H and O–H groups in total. The topological polar surface area (TPSA) is 115 Å². The minimum Gasteiger partial charge on any atom is -0.445 e. The van der Waals surface area contributed by atoms with Crippen LogP contribution < -0.4 is 10.6 Å². The van der Waals surface area contributed by atoms with E-state index in [9.17, 15) is 14.4 Å². The monoisotopic (exact) mass is 527 g/mol. The molecular formula is C30H33N5O4. The Morgan fingerprint density at radius 1 is 0.821 bits per heavy atom. The van der Waals surface area contributed by atoms with Gasteiger partial charge in [0.05, 0.1) is 11.6 Å². The molecule has 0 saturated carbocycles. The number of nitrogens with one attached hydrogen (secondary N) is 2. The predicted octanol–water partition coefficient (Wildman–Crippen LogP) is 4.07. The molecule has 0 spiro atoms. The van der Waals surface area contributed by atoms with E-state index in [0.717, 1.165) is 16.6 Å². The van der Waals surface area contributed by atoms with Crippen molar-refractivity contribution in [3.05, 3.63) is 96.1 Å². The lowest BCUT2D eigenvalue weighted by atomic mass is 9.99. The van der Waals surface area contributed by atoms with Crippen molar-refractivity contribution in [2.75, 3.05) is 0 Å². The first-order valence-electron chi connectivity index (χ1n) is 13.0. The lowest BCUT2D eigenvalue weighted by molar-refractivity contribution is -0.129. The Bertz CT molecular complexity index is 1390. The summed E-state index contributed by atoms with van der Waals surface area (Å²) in [6.45, 7) is 3.95. The second kappa shape index (κ2) is 13.3. The van der Waals surface area contributed by atoms with Gasteiger partial charge in [-0.15, -0.1) is 5.10 Å². The van der Waals surface area contributed by atoms with Crippen molar-refractivity contribution in [3.8, 4) is 0 Å². The quantitative estimate of drug-likeness (QED) is 0.287. The number of carbonyl (C=O) groups excluding carboxylic acids is 3. The zero-order valence-corrected chi connectivity index (χ0v) is 22.1. The van der Waals surface area contributed by atoms with Crippen LogP contribution in [-0.4, -0.2) is 44.9 Å². The highest BCUT2D eigenvalue weighted by atomic mass is 16.5. The van der Waals surface area contributed by atoms with E-state index in [1.165, 1.54) is 4.68 Å². The van der Waals surface area contributed by atoms with Crippen LogP contribution in [-0.2, 0) is 33.9 Å². The van der Waals surface area contributed by atoms with Gasteiger partial charge in [-0.3, -0.25) is 9.59 Å². The number of ether oxygens (including phenoxy) is 1. The predicted molar refractivity (Wildman–Crippen MR) is 148 cm³/mol. The summed E-state index contributed by atoms with van der Waals surface area (Å²) in [5, 5.41) is 13.8. The van der Waals surface area contributed by atoms with Crippen LogP contribution in [0.4, 0.5) is 4.79 Å². The Hall–Kier alpha value is -4.53. The standard InChI is InChI=1S/C30H33N5O4/c1-21(2)17-26(32-30(38)39-20-23-13-7-4-8-14-23)29(37)31-25(18-22-11-5-3-6-12-22)28(36)19-35-27-16-10-9-15-24(27)33-34-35/h3-16,21,25-26H,17-20H2,1-2H3,(H,31,37)(H,32,38)/t25-,26-/m0/s1. The Balaban J connectivity index is 1.47. The van der Waals surface area contributed by atoms with Gasteiger partial charge in [-0.1, -0.05) is 91.9 Å². The van der Waals surface area contributed by atoms with Crippen molar-refractivity contribution in [2.45, 2.75) is 51.9 Å². The van der Waals surface area contributed by atoms with Crippen molar-refractivity contribution in [3.63, 3.8) is 0 Å². The maximum absolute atomic E-state index is 13.5. The minimum absolute atomic E-state index is 0.0559. The van der Waals surface area contributed by atoms with Crippen molar-refractivity contribution >= 4 is 28.8 Å². The summed E-state index contributed by atoms with van der Waals surface area (Å²) >= 11 is 0. The smallest absolute Gasteiger partial charge is 0.408 e. The molecular weight excluding hydrogens is 494 g/mol. The fourth-order valence-corrected chi connectivity index (χ4v) is 4.27. The van der Waals surface area contributed by atoms with Gasteiger partial charge in [-0.2, -0.15) is 0 Å². The number of benzene rings is 3. The van der Waals surface area contributed by atoms with Crippen LogP contribution in [0.15, 0.2) is 84.9 Å².